The van der Waals surface area contributed by atoms with Crippen molar-refractivity contribution in [2.45, 2.75) is 50.2 Å². The van der Waals surface area contributed by atoms with Crippen LogP contribution in [0.3, 0.4) is 0 Å². The number of amides is 1. The molecule has 1 N–H and O–H groups in total. The second-order valence-corrected chi connectivity index (χ2v) is 10.00. The van der Waals surface area contributed by atoms with Crippen LogP contribution in [-0.2, 0) is 17.6 Å². The van der Waals surface area contributed by atoms with Crippen LogP contribution in [0.2, 0.25) is 0 Å². The lowest BCUT2D eigenvalue weighted by Crippen LogP contribution is -2.40. The van der Waals surface area contributed by atoms with Crippen LogP contribution < -0.4 is 0 Å². The van der Waals surface area contributed by atoms with Crippen molar-refractivity contribution in [3.8, 4) is 0 Å². The molecule has 0 saturated carbocycles. The highest BCUT2D eigenvalue weighted by Gasteiger charge is 2.63. The van der Waals surface area contributed by atoms with Crippen LogP contribution in [0.25, 0.3) is 10.9 Å². The Morgan fingerprint density at radius 2 is 2.17 bits per heavy atom. The average Bonchev–Trinajstić information content (AvgIpc) is 3.45. The number of H-pyrrole nitrogens is 1. The Morgan fingerprint density at radius 3 is 3.03 bits per heavy atom. The predicted molar refractivity (Wildman–Crippen MR) is 113 cm³/mol. The van der Waals surface area contributed by atoms with E-state index in [4.69, 9.17) is 4.74 Å². The molecule has 3 fully saturated rings. The minimum absolute atomic E-state index is 0.0934. The Hall–Kier alpha value is -1.85. The number of aromatic amines is 1. The second kappa shape index (κ2) is 6.32. The van der Waals surface area contributed by atoms with Crippen LogP contribution >= 0.6 is 0 Å². The topological polar surface area (TPSA) is 48.6 Å². The fourth-order valence-corrected chi connectivity index (χ4v) is 6.79. The summed E-state index contributed by atoms with van der Waals surface area (Å²) in [5.41, 5.74) is 4.58. The Kier molecular flexibility index (Phi) is 3.92. The van der Waals surface area contributed by atoms with Crippen molar-refractivity contribution in [3.05, 3.63) is 35.0 Å². The summed E-state index contributed by atoms with van der Waals surface area (Å²) in [5, 5.41) is 1.26. The molecule has 3 saturated heterocycles. The maximum absolute atomic E-state index is 13.6. The van der Waals surface area contributed by atoms with Gasteiger partial charge in [0.15, 0.2) is 0 Å². The van der Waals surface area contributed by atoms with Gasteiger partial charge in [0, 0.05) is 36.0 Å². The van der Waals surface area contributed by atoms with Crippen molar-refractivity contribution < 1.29 is 9.53 Å². The standard InChI is InChI=1S/C24H31N3O2/c1-26(2)12-18-19-13-27(14-24(19)11-10-21(18)29-24)23(28)17-8-5-7-16-15-6-3-4-9-20(15)25-22(16)17/h5,7-8,18-19,21,25H,3-4,6,9-14H2,1-2H3/t18-,19+,21+,24+/m1/s1. The third kappa shape index (κ3) is 2.56. The number of carbonyl (C=O) groups excluding carboxylic acids is 1. The Balaban J connectivity index is 1.32. The van der Waals surface area contributed by atoms with Crippen molar-refractivity contribution >= 4 is 16.8 Å². The quantitative estimate of drug-likeness (QED) is 0.871. The predicted octanol–water partition coefficient (Wildman–Crippen LogP) is 3.23. The van der Waals surface area contributed by atoms with Gasteiger partial charge in [0.25, 0.3) is 5.91 Å². The van der Waals surface area contributed by atoms with E-state index in [0.717, 1.165) is 56.4 Å². The SMILES string of the molecule is CN(C)C[C@H]1[C@@H]2CC[C@@]3(CN(C(=O)c4cccc5c6c([nH]c45)CCCC6)C[C@@H]13)O2. The summed E-state index contributed by atoms with van der Waals surface area (Å²) in [5.74, 6) is 1.20. The van der Waals surface area contributed by atoms with E-state index in [0.29, 0.717) is 17.9 Å². The summed E-state index contributed by atoms with van der Waals surface area (Å²) < 4.78 is 6.54. The number of hydrogen-bond acceptors (Lipinski definition) is 3. The number of nitrogens with zero attached hydrogens (tertiary/aromatic N) is 2. The van der Waals surface area contributed by atoms with E-state index in [9.17, 15) is 4.79 Å². The van der Waals surface area contributed by atoms with E-state index in [1.807, 2.05) is 6.07 Å². The van der Waals surface area contributed by atoms with Crippen molar-refractivity contribution in [1.29, 1.82) is 0 Å². The lowest BCUT2D eigenvalue weighted by atomic mass is 9.73. The first-order valence-electron chi connectivity index (χ1n) is 11.3. The first kappa shape index (κ1) is 18.0. The van der Waals surface area contributed by atoms with Gasteiger partial charge in [-0.3, -0.25) is 4.79 Å². The third-order valence-electron chi connectivity index (χ3n) is 8.01. The van der Waals surface area contributed by atoms with Crippen LogP contribution in [0, 0.1) is 11.8 Å². The molecule has 6 rings (SSSR count). The number of fused-ring (bicyclic) bond motifs is 4. The molecule has 0 unspecified atom stereocenters. The number of carbonyl (C=O) groups is 1. The molecule has 3 aliphatic heterocycles. The minimum Gasteiger partial charge on any atom is -0.369 e. The molecule has 2 aromatic rings. The molecule has 1 aromatic heterocycles. The van der Waals surface area contributed by atoms with E-state index in [-0.39, 0.29) is 11.5 Å². The molecule has 0 radical (unpaired) electrons. The van der Waals surface area contributed by atoms with Gasteiger partial charge in [0.2, 0.25) is 0 Å². The summed E-state index contributed by atoms with van der Waals surface area (Å²) in [4.78, 5) is 21.6. The number of nitrogens with one attached hydrogen (secondary N) is 1. The lowest BCUT2D eigenvalue weighted by Gasteiger charge is -2.30. The van der Waals surface area contributed by atoms with Gasteiger partial charge in [-0.05, 0) is 64.3 Å². The Morgan fingerprint density at radius 1 is 1.31 bits per heavy atom. The Bertz CT molecular complexity index is 980. The zero-order chi connectivity index (χ0) is 19.8. The number of aryl methyl sites for hydroxylation is 2. The molecule has 4 atom stereocenters. The summed E-state index contributed by atoms with van der Waals surface area (Å²) in [7, 11) is 4.29. The van der Waals surface area contributed by atoms with E-state index in [1.165, 1.54) is 29.5 Å². The second-order valence-electron chi connectivity index (χ2n) is 10.00. The summed E-state index contributed by atoms with van der Waals surface area (Å²) in [6, 6.07) is 6.25. The average molecular weight is 394 g/mol. The van der Waals surface area contributed by atoms with Gasteiger partial charge in [-0.1, -0.05) is 12.1 Å². The fourth-order valence-electron chi connectivity index (χ4n) is 6.79. The summed E-state index contributed by atoms with van der Waals surface area (Å²) in [6.07, 6.45) is 7.37. The highest BCUT2D eigenvalue weighted by atomic mass is 16.5. The number of para-hydroxylation sites is 1. The van der Waals surface area contributed by atoms with Crippen LogP contribution in [0.5, 0.6) is 0 Å². The molecule has 1 amide bonds. The van der Waals surface area contributed by atoms with E-state index < -0.39 is 0 Å². The number of likely N-dealkylation sites (tertiary alicyclic amines) is 1. The number of benzene rings is 1. The monoisotopic (exact) mass is 393 g/mol. The zero-order valence-corrected chi connectivity index (χ0v) is 17.5. The van der Waals surface area contributed by atoms with Crippen molar-refractivity contribution in [2.75, 3.05) is 33.7 Å². The van der Waals surface area contributed by atoms with E-state index in [2.05, 4.69) is 41.0 Å². The molecule has 1 aliphatic carbocycles. The number of aromatic nitrogens is 1. The van der Waals surface area contributed by atoms with Gasteiger partial charge < -0.3 is 19.5 Å². The fraction of sp³-hybridized carbons (Fsp3) is 0.625. The molecule has 4 aliphatic rings. The molecule has 5 heteroatoms. The van der Waals surface area contributed by atoms with Gasteiger partial charge in [0.05, 0.1) is 29.3 Å². The van der Waals surface area contributed by atoms with Gasteiger partial charge in [-0.25, -0.2) is 0 Å². The largest absolute Gasteiger partial charge is 0.369 e. The highest BCUT2D eigenvalue weighted by molar-refractivity contribution is 6.07. The molecule has 2 bridgehead atoms. The number of rotatable bonds is 3. The maximum atomic E-state index is 13.6. The van der Waals surface area contributed by atoms with Crippen LogP contribution in [0.1, 0.15) is 47.3 Å². The molecular weight excluding hydrogens is 362 g/mol. The first-order valence-corrected chi connectivity index (χ1v) is 11.3. The minimum atomic E-state index is -0.0934. The Labute approximate surface area is 172 Å². The van der Waals surface area contributed by atoms with Crippen LogP contribution in [0.15, 0.2) is 18.2 Å². The van der Waals surface area contributed by atoms with Gasteiger partial charge in [-0.15, -0.1) is 0 Å². The van der Waals surface area contributed by atoms with Crippen LogP contribution in [0.4, 0.5) is 0 Å². The molecule has 4 heterocycles. The maximum Gasteiger partial charge on any atom is 0.256 e. The summed E-state index contributed by atoms with van der Waals surface area (Å²) in [6.45, 7) is 2.65. The molecule has 29 heavy (non-hydrogen) atoms. The third-order valence-corrected chi connectivity index (χ3v) is 8.01. The van der Waals surface area contributed by atoms with Gasteiger partial charge in [0.1, 0.15) is 0 Å². The number of ether oxygens (including phenoxy) is 1. The molecular formula is C24H31N3O2. The molecule has 1 spiro atoms. The normalized spacial score (nSPS) is 32.9. The molecule has 154 valence electrons. The number of hydrogen-bond donors (Lipinski definition) is 1. The lowest BCUT2D eigenvalue weighted by molar-refractivity contribution is 0.00258. The highest BCUT2D eigenvalue weighted by Crippen LogP contribution is 2.55. The van der Waals surface area contributed by atoms with Gasteiger partial charge in [-0.2, -0.15) is 0 Å². The van der Waals surface area contributed by atoms with Crippen molar-refractivity contribution in [2.24, 2.45) is 11.8 Å². The first-order chi connectivity index (χ1) is 14.1. The molecule has 1 aromatic carbocycles. The summed E-state index contributed by atoms with van der Waals surface area (Å²) >= 11 is 0. The van der Waals surface area contributed by atoms with Crippen molar-refractivity contribution in [1.82, 2.24) is 14.8 Å². The van der Waals surface area contributed by atoms with Crippen LogP contribution in [-0.4, -0.2) is 66.1 Å². The smallest absolute Gasteiger partial charge is 0.256 e. The van der Waals surface area contributed by atoms with Crippen molar-refractivity contribution in [3.63, 3.8) is 0 Å². The van der Waals surface area contributed by atoms with E-state index >= 15 is 0 Å². The molecule has 5 nitrogen and oxygen atoms in total. The zero-order valence-electron chi connectivity index (χ0n) is 17.5. The van der Waals surface area contributed by atoms with E-state index in [1.54, 1.807) is 0 Å². The van der Waals surface area contributed by atoms with Gasteiger partial charge >= 0.3 is 0 Å².